The Bertz CT molecular complexity index is 642. The van der Waals surface area contributed by atoms with Gasteiger partial charge in [0.25, 0.3) is 0 Å². The summed E-state index contributed by atoms with van der Waals surface area (Å²) in [6, 6.07) is 8.18. The molecule has 0 saturated carbocycles. The standard InChI is InChI=1S/C14H18N2O2S/c1-3-19(17,18)9-8-16-11-14(10-15-16)13-6-4-12(2)5-7-13/h4-7,10-11H,3,8-9H2,1-2H3. The first-order chi connectivity index (χ1) is 9.00. The Balaban J connectivity index is 2.09. The summed E-state index contributed by atoms with van der Waals surface area (Å²) in [4.78, 5) is 0. The van der Waals surface area contributed by atoms with E-state index in [2.05, 4.69) is 5.10 Å². The van der Waals surface area contributed by atoms with E-state index in [0.29, 0.717) is 6.54 Å². The Morgan fingerprint density at radius 1 is 1.16 bits per heavy atom. The molecule has 5 heteroatoms. The van der Waals surface area contributed by atoms with Gasteiger partial charge in [-0.2, -0.15) is 5.10 Å². The van der Waals surface area contributed by atoms with Gasteiger partial charge in [-0.15, -0.1) is 0 Å². The fourth-order valence-electron chi connectivity index (χ4n) is 1.76. The zero-order valence-electron chi connectivity index (χ0n) is 11.2. The fourth-order valence-corrected chi connectivity index (χ4v) is 2.51. The van der Waals surface area contributed by atoms with E-state index in [1.165, 1.54) is 5.56 Å². The van der Waals surface area contributed by atoms with Crippen molar-refractivity contribution in [3.05, 3.63) is 42.2 Å². The lowest BCUT2D eigenvalue weighted by Crippen LogP contribution is -2.14. The summed E-state index contributed by atoms with van der Waals surface area (Å²) in [5.74, 6) is 0.317. The van der Waals surface area contributed by atoms with Crippen molar-refractivity contribution in [1.29, 1.82) is 0 Å². The monoisotopic (exact) mass is 278 g/mol. The first kappa shape index (κ1) is 13.8. The second-order valence-corrected chi connectivity index (χ2v) is 7.07. The highest BCUT2D eigenvalue weighted by molar-refractivity contribution is 7.91. The second-order valence-electron chi connectivity index (χ2n) is 4.59. The van der Waals surface area contributed by atoms with Gasteiger partial charge in [0.1, 0.15) is 0 Å². The van der Waals surface area contributed by atoms with Crippen LogP contribution in [-0.4, -0.2) is 29.7 Å². The molecule has 0 aliphatic heterocycles. The summed E-state index contributed by atoms with van der Waals surface area (Å²) < 4.78 is 24.6. The number of rotatable bonds is 5. The Kier molecular flexibility index (Phi) is 4.04. The van der Waals surface area contributed by atoms with Gasteiger partial charge in [0.15, 0.2) is 9.84 Å². The molecule has 0 N–H and O–H groups in total. The quantitative estimate of drug-likeness (QED) is 0.843. The molecule has 0 spiro atoms. The maximum absolute atomic E-state index is 11.4. The summed E-state index contributed by atoms with van der Waals surface area (Å²) in [6.07, 6.45) is 3.65. The molecule has 0 aliphatic carbocycles. The Morgan fingerprint density at radius 3 is 2.47 bits per heavy atom. The van der Waals surface area contributed by atoms with Crippen LogP contribution in [0.1, 0.15) is 12.5 Å². The Hall–Kier alpha value is -1.62. The summed E-state index contributed by atoms with van der Waals surface area (Å²) in [5, 5.41) is 4.20. The molecule has 0 saturated heterocycles. The van der Waals surface area contributed by atoms with E-state index in [0.717, 1.165) is 11.1 Å². The summed E-state index contributed by atoms with van der Waals surface area (Å²) in [7, 11) is -2.94. The summed E-state index contributed by atoms with van der Waals surface area (Å²) in [6.45, 7) is 4.11. The van der Waals surface area contributed by atoms with Crippen molar-refractivity contribution in [2.24, 2.45) is 0 Å². The van der Waals surface area contributed by atoms with Gasteiger partial charge < -0.3 is 0 Å². The lowest BCUT2D eigenvalue weighted by molar-refractivity contribution is 0.582. The number of hydrogen-bond acceptors (Lipinski definition) is 3. The molecule has 2 aromatic rings. The predicted octanol–water partition coefficient (Wildman–Crippen LogP) is 2.29. The third-order valence-corrected chi connectivity index (χ3v) is 4.77. The maximum Gasteiger partial charge on any atom is 0.151 e. The normalized spacial score (nSPS) is 11.7. The van der Waals surface area contributed by atoms with Gasteiger partial charge in [-0.25, -0.2) is 8.42 Å². The number of aryl methyl sites for hydroxylation is 2. The van der Waals surface area contributed by atoms with Crippen LogP contribution in [0.5, 0.6) is 0 Å². The minimum atomic E-state index is -2.94. The van der Waals surface area contributed by atoms with Crippen molar-refractivity contribution in [3.8, 4) is 11.1 Å². The number of hydrogen-bond donors (Lipinski definition) is 0. The lowest BCUT2D eigenvalue weighted by Gasteiger charge is -2.01. The van der Waals surface area contributed by atoms with Crippen molar-refractivity contribution < 1.29 is 8.42 Å². The number of nitrogens with zero attached hydrogens (tertiary/aromatic N) is 2. The van der Waals surface area contributed by atoms with Crippen LogP contribution in [0.4, 0.5) is 0 Å². The van der Waals surface area contributed by atoms with E-state index < -0.39 is 9.84 Å². The van der Waals surface area contributed by atoms with Gasteiger partial charge in [-0.3, -0.25) is 4.68 Å². The van der Waals surface area contributed by atoms with Crippen molar-refractivity contribution in [2.45, 2.75) is 20.4 Å². The number of aromatic nitrogens is 2. The molecule has 0 amide bonds. The van der Waals surface area contributed by atoms with Crippen molar-refractivity contribution in [3.63, 3.8) is 0 Å². The molecule has 4 nitrogen and oxygen atoms in total. The van der Waals surface area contributed by atoms with Crippen molar-refractivity contribution >= 4 is 9.84 Å². The fraction of sp³-hybridized carbons (Fsp3) is 0.357. The summed E-state index contributed by atoms with van der Waals surface area (Å²) >= 11 is 0. The molecule has 0 bridgehead atoms. The molecule has 102 valence electrons. The van der Waals surface area contributed by atoms with Crippen LogP contribution in [0.15, 0.2) is 36.7 Å². The topological polar surface area (TPSA) is 52.0 Å². The molecule has 0 radical (unpaired) electrons. The van der Waals surface area contributed by atoms with E-state index in [9.17, 15) is 8.42 Å². The zero-order chi connectivity index (χ0) is 13.9. The van der Waals surface area contributed by atoms with Crippen LogP contribution in [0, 0.1) is 6.92 Å². The van der Waals surface area contributed by atoms with Crippen molar-refractivity contribution in [1.82, 2.24) is 9.78 Å². The average Bonchev–Trinajstić information content (AvgIpc) is 2.86. The molecule has 0 fully saturated rings. The third-order valence-electron chi connectivity index (χ3n) is 3.09. The third kappa shape index (κ3) is 3.67. The first-order valence-electron chi connectivity index (χ1n) is 6.30. The highest BCUT2D eigenvalue weighted by Gasteiger charge is 2.08. The molecule has 1 aromatic heterocycles. The molecule has 0 atom stereocenters. The van der Waals surface area contributed by atoms with Crippen LogP contribution >= 0.6 is 0 Å². The molecule has 1 aromatic carbocycles. The van der Waals surface area contributed by atoms with Crippen LogP contribution < -0.4 is 0 Å². The molecule has 19 heavy (non-hydrogen) atoms. The Labute approximate surface area is 114 Å². The van der Waals surface area contributed by atoms with Crippen LogP contribution in [-0.2, 0) is 16.4 Å². The smallest absolute Gasteiger partial charge is 0.151 e. The van der Waals surface area contributed by atoms with Crippen molar-refractivity contribution in [2.75, 3.05) is 11.5 Å². The molecular formula is C14H18N2O2S. The second kappa shape index (κ2) is 5.57. The van der Waals surface area contributed by atoms with Crippen LogP contribution in [0.3, 0.4) is 0 Å². The van der Waals surface area contributed by atoms with Gasteiger partial charge >= 0.3 is 0 Å². The van der Waals surface area contributed by atoms with Gasteiger partial charge in [0, 0.05) is 17.5 Å². The maximum atomic E-state index is 11.4. The molecule has 2 rings (SSSR count). The molecule has 1 heterocycles. The van der Waals surface area contributed by atoms with Crippen LogP contribution in [0.25, 0.3) is 11.1 Å². The minimum absolute atomic E-state index is 0.137. The van der Waals surface area contributed by atoms with E-state index in [1.54, 1.807) is 17.8 Å². The zero-order valence-corrected chi connectivity index (χ0v) is 12.0. The van der Waals surface area contributed by atoms with Crippen LogP contribution in [0.2, 0.25) is 0 Å². The van der Waals surface area contributed by atoms with E-state index >= 15 is 0 Å². The number of sulfone groups is 1. The predicted molar refractivity (Wildman–Crippen MR) is 76.7 cm³/mol. The number of benzene rings is 1. The van der Waals surface area contributed by atoms with E-state index in [4.69, 9.17) is 0 Å². The molecule has 0 unspecified atom stereocenters. The SMILES string of the molecule is CCS(=O)(=O)CCn1cc(-c2ccc(C)cc2)cn1. The van der Waals surface area contributed by atoms with Gasteiger partial charge in [0.2, 0.25) is 0 Å². The Morgan fingerprint density at radius 2 is 1.84 bits per heavy atom. The van der Waals surface area contributed by atoms with E-state index in [1.807, 2.05) is 37.4 Å². The average molecular weight is 278 g/mol. The van der Waals surface area contributed by atoms with Gasteiger partial charge in [-0.05, 0) is 12.5 Å². The van der Waals surface area contributed by atoms with Gasteiger partial charge in [0.05, 0.1) is 18.5 Å². The van der Waals surface area contributed by atoms with Gasteiger partial charge in [-0.1, -0.05) is 36.8 Å². The largest absolute Gasteiger partial charge is 0.271 e. The summed E-state index contributed by atoms with van der Waals surface area (Å²) in [5.41, 5.74) is 3.31. The minimum Gasteiger partial charge on any atom is -0.271 e. The molecule has 0 aliphatic rings. The highest BCUT2D eigenvalue weighted by Crippen LogP contribution is 2.18. The molecular weight excluding hydrogens is 260 g/mol. The lowest BCUT2D eigenvalue weighted by atomic mass is 10.1. The first-order valence-corrected chi connectivity index (χ1v) is 8.12. The highest BCUT2D eigenvalue weighted by atomic mass is 32.2. The van der Waals surface area contributed by atoms with E-state index in [-0.39, 0.29) is 11.5 Å².